The standard InChI is InChI=1S/C14H19NOS/c1-4-13(7-6-12(3)16)10-17-14-8-5-11(2)9-15-14/h5-9,13H,4,10H2,1-3H3/b7-6+. The van der Waals surface area contributed by atoms with Gasteiger partial charge in [-0.05, 0) is 43.9 Å². The van der Waals surface area contributed by atoms with Crippen LogP contribution >= 0.6 is 11.8 Å². The summed E-state index contributed by atoms with van der Waals surface area (Å²) in [6, 6.07) is 4.11. The molecule has 1 atom stereocenters. The molecule has 0 aromatic carbocycles. The summed E-state index contributed by atoms with van der Waals surface area (Å²) in [5, 5.41) is 1.05. The van der Waals surface area contributed by atoms with Gasteiger partial charge >= 0.3 is 0 Å². The molecule has 92 valence electrons. The second-order valence-electron chi connectivity index (χ2n) is 4.12. The van der Waals surface area contributed by atoms with Crippen LogP contribution in [0.3, 0.4) is 0 Å². The number of ketones is 1. The lowest BCUT2D eigenvalue weighted by Crippen LogP contribution is -1.99. The molecule has 1 heterocycles. The predicted molar refractivity (Wildman–Crippen MR) is 73.3 cm³/mol. The van der Waals surface area contributed by atoms with Gasteiger partial charge in [0.05, 0.1) is 5.03 Å². The SMILES string of the molecule is CCC(/C=C/C(C)=O)CSc1ccc(C)cn1. The average Bonchev–Trinajstić information content (AvgIpc) is 2.31. The highest BCUT2D eigenvalue weighted by molar-refractivity contribution is 7.99. The van der Waals surface area contributed by atoms with Crippen molar-refractivity contribution >= 4 is 17.5 Å². The molecule has 0 aliphatic rings. The minimum absolute atomic E-state index is 0.113. The molecule has 0 N–H and O–H groups in total. The van der Waals surface area contributed by atoms with Crippen LogP contribution in [0.15, 0.2) is 35.5 Å². The number of rotatable bonds is 6. The van der Waals surface area contributed by atoms with Crippen molar-refractivity contribution in [1.82, 2.24) is 4.98 Å². The molecule has 1 rings (SSSR count). The van der Waals surface area contributed by atoms with Crippen molar-refractivity contribution in [3.05, 3.63) is 36.0 Å². The van der Waals surface area contributed by atoms with Gasteiger partial charge in [-0.15, -0.1) is 11.8 Å². The Morgan fingerprint density at radius 2 is 2.29 bits per heavy atom. The highest BCUT2D eigenvalue weighted by Crippen LogP contribution is 2.21. The van der Waals surface area contributed by atoms with E-state index in [9.17, 15) is 4.79 Å². The van der Waals surface area contributed by atoms with Gasteiger partial charge in [0.2, 0.25) is 0 Å². The Hall–Kier alpha value is -1.09. The smallest absolute Gasteiger partial charge is 0.152 e. The Labute approximate surface area is 108 Å². The van der Waals surface area contributed by atoms with E-state index in [1.165, 1.54) is 5.56 Å². The first-order chi connectivity index (χ1) is 8.11. The van der Waals surface area contributed by atoms with E-state index < -0.39 is 0 Å². The average molecular weight is 249 g/mol. The lowest BCUT2D eigenvalue weighted by Gasteiger charge is -2.08. The zero-order valence-electron chi connectivity index (χ0n) is 10.6. The molecule has 0 saturated carbocycles. The zero-order chi connectivity index (χ0) is 12.7. The van der Waals surface area contributed by atoms with Crippen molar-refractivity contribution in [3.8, 4) is 0 Å². The van der Waals surface area contributed by atoms with E-state index in [1.54, 1.807) is 24.8 Å². The number of carbonyl (C=O) groups is 1. The molecule has 1 aromatic rings. The van der Waals surface area contributed by atoms with E-state index in [0.717, 1.165) is 17.2 Å². The molecule has 2 nitrogen and oxygen atoms in total. The number of allylic oxidation sites excluding steroid dienone is 2. The maximum atomic E-state index is 10.9. The van der Waals surface area contributed by atoms with E-state index in [0.29, 0.717) is 5.92 Å². The van der Waals surface area contributed by atoms with Crippen molar-refractivity contribution in [1.29, 1.82) is 0 Å². The summed E-state index contributed by atoms with van der Waals surface area (Å²) < 4.78 is 0. The molecule has 17 heavy (non-hydrogen) atoms. The van der Waals surface area contributed by atoms with Gasteiger partial charge in [-0.25, -0.2) is 4.98 Å². The Balaban J connectivity index is 2.47. The number of hydrogen-bond acceptors (Lipinski definition) is 3. The van der Waals surface area contributed by atoms with Gasteiger partial charge in [-0.1, -0.05) is 19.1 Å². The van der Waals surface area contributed by atoms with E-state index in [2.05, 4.69) is 18.0 Å². The van der Waals surface area contributed by atoms with Gasteiger partial charge in [-0.2, -0.15) is 0 Å². The van der Waals surface area contributed by atoms with Crippen molar-refractivity contribution in [2.24, 2.45) is 5.92 Å². The van der Waals surface area contributed by atoms with Crippen LogP contribution in [0, 0.1) is 12.8 Å². The first-order valence-corrected chi connectivity index (χ1v) is 6.84. The normalized spacial score (nSPS) is 12.9. The minimum atomic E-state index is 0.113. The molecule has 0 amide bonds. The first-order valence-electron chi connectivity index (χ1n) is 5.86. The van der Waals surface area contributed by atoms with Crippen molar-refractivity contribution < 1.29 is 4.79 Å². The third kappa shape index (κ3) is 5.68. The molecule has 0 aliphatic carbocycles. The summed E-state index contributed by atoms with van der Waals surface area (Å²) in [6.45, 7) is 5.75. The zero-order valence-corrected chi connectivity index (χ0v) is 11.5. The highest BCUT2D eigenvalue weighted by Gasteiger charge is 2.04. The van der Waals surface area contributed by atoms with Crippen LogP contribution in [0.1, 0.15) is 25.8 Å². The molecule has 1 unspecified atom stereocenters. The molecule has 0 spiro atoms. The minimum Gasteiger partial charge on any atom is -0.295 e. The van der Waals surface area contributed by atoms with Gasteiger partial charge in [0, 0.05) is 11.9 Å². The van der Waals surface area contributed by atoms with Crippen LogP contribution < -0.4 is 0 Å². The van der Waals surface area contributed by atoms with E-state index in [1.807, 2.05) is 25.3 Å². The molecule has 3 heteroatoms. The van der Waals surface area contributed by atoms with Crippen LogP contribution in [0.5, 0.6) is 0 Å². The van der Waals surface area contributed by atoms with E-state index in [-0.39, 0.29) is 5.78 Å². The molecule has 0 fully saturated rings. The van der Waals surface area contributed by atoms with Crippen molar-refractivity contribution in [3.63, 3.8) is 0 Å². The van der Waals surface area contributed by atoms with Gasteiger partial charge < -0.3 is 0 Å². The molecule has 0 aliphatic heterocycles. The predicted octanol–water partition coefficient (Wildman–Crippen LogP) is 3.65. The summed E-state index contributed by atoms with van der Waals surface area (Å²) >= 11 is 1.74. The largest absolute Gasteiger partial charge is 0.295 e. The van der Waals surface area contributed by atoms with Crippen LogP contribution in [0.25, 0.3) is 0 Å². The summed E-state index contributed by atoms with van der Waals surface area (Å²) in [4.78, 5) is 15.2. The molecule has 0 saturated heterocycles. The lowest BCUT2D eigenvalue weighted by molar-refractivity contribution is -0.112. The van der Waals surface area contributed by atoms with Crippen LogP contribution in [0.2, 0.25) is 0 Å². The van der Waals surface area contributed by atoms with Crippen LogP contribution in [0.4, 0.5) is 0 Å². The fourth-order valence-electron chi connectivity index (χ4n) is 1.31. The third-order valence-corrected chi connectivity index (χ3v) is 3.59. The molecular formula is C14H19NOS. The number of hydrogen-bond donors (Lipinski definition) is 0. The monoisotopic (exact) mass is 249 g/mol. The molecule has 1 aromatic heterocycles. The maximum absolute atomic E-state index is 10.9. The Morgan fingerprint density at radius 3 is 2.82 bits per heavy atom. The maximum Gasteiger partial charge on any atom is 0.152 e. The van der Waals surface area contributed by atoms with Gasteiger partial charge in [0.15, 0.2) is 5.78 Å². The van der Waals surface area contributed by atoms with E-state index in [4.69, 9.17) is 0 Å². The Kier molecular flexibility index (Phi) is 5.98. The Bertz CT molecular complexity index is 384. The topological polar surface area (TPSA) is 30.0 Å². The summed E-state index contributed by atoms with van der Waals surface area (Å²) in [6.07, 6.45) is 6.60. The number of aryl methyl sites for hydroxylation is 1. The fourth-order valence-corrected chi connectivity index (χ4v) is 2.34. The van der Waals surface area contributed by atoms with Crippen LogP contribution in [-0.2, 0) is 4.79 Å². The quantitative estimate of drug-likeness (QED) is 0.569. The van der Waals surface area contributed by atoms with Crippen molar-refractivity contribution in [2.75, 3.05) is 5.75 Å². The molecule has 0 radical (unpaired) electrons. The summed E-state index contributed by atoms with van der Waals surface area (Å²) in [5.74, 6) is 1.52. The molecular weight excluding hydrogens is 230 g/mol. The molecule has 0 bridgehead atoms. The fraction of sp³-hybridized carbons (Fsp3) is 0.429. The summed E-state index contributed by atoms with van der Waals surface area (Å²) in [5.41, 5.74) is 1.18. The Morgan fingerprint density at radius 1 is 1.53 bits per heavy atom. The van der Waals surface area contributed by atoms with E-state index >= 15 is 0 Å². The number of carbonyl (C=O) groups excluding carboxylic acids is 1. The van der Waals surface area contributed by atoms with Gasteiger partial charge in [0.1, 0.15) is 0 Å². The van der Waals surface area contributed by atoms with Crippen LogP contribution in [-0.4, -0.2) is 16.5 Å². The van der Waals surface area contributed by atoms with Gasteiger partial charge in [-0.3, -0.25) is 4.79 Å². The van der Waals surface area contributed by atoms with Crippen molar-refractivity contribution in [2.45, 2.75) is 32.2 Å². The first kappa shape index (κ1) is 14.0. The summed E-state index contributed by atoms with van der Waals surface area (Å²) in [7, 11) is 0. The second kappa shape index (κ2) is 7.28. The number of pyridine rings is 1. The number of aromatic nitrogens is 1. The highest BCUT2D eigenvalue weighted by atomic mass is 32.2. The second-order valence-corrected chi connectivity index (χ2v) is 5.16. The number of thioether (sulfide) groups is 1. The van der Waals surface area contributed by atoms with Gasteiger partial charge in [0.25, 0.3) is 0 Å². The number of nitrogens with zero attached hydrogens (tertiary/aromatic N) is 1. The lowest BCUT2D eigenvalue weighted by atomic mass is 10.1. The third-order valence-electron chi connectivity index (χ3n) is 2.46.